The van der Waals surface area contributed by atoms with Gasteiger partial charge in [0, 0.05) is 0 Å². The number of rotatable bonds is 5. The first-order chi connectivity index (χ1) is 12.6. The van der Waals surface area contributed by atoms with E-state index < -0.39 is 11.8 Å². The molecule has 26 heavy (non-hydrogen) atoms. The van der Waals surface area contributed by atoms with E-state index in [0.717, 1.165) is 0 Å². The Kier molecular flexibility index (Phi) is 5.46. The molecule has 2 aromatic carbocycles. The lowest BCUT2D eigenvalue weighted by molar-refractivity contribution is 0.0956. The molecule has 0 aliphatic rings. The van der Waals surface area contributed by atoms with Crippen LogP contribution in [-0.4, -0.2) is 18.0 Å². The molecule has 3 rings (SSSR count). The maximum Gasteiger partial charge on any atom is 0.273 e. The zero-order valence-electron chi connectivity index (χ0n) is 13.5. The predicted octanol–water partition coefficient (Wildman–Crippen LogP) is 3.95. The van der Waals surface area contributed by atoms with Gasteiger partial charge in [-0.05, 0) is 36.4 Å². The number of hydrogen-bond acceptors (Lipinski definition) is 4. The minimum Gasteiger partial charge on any atom is -0.463 e. The number of hydrogen-bond donors (Lipinski definition) is 2. The highest BCUT2D eigenvalue weighted by molar-refractivity contribution is 6.34. The third-order valence-electron chi connectivity index (χ3n) is 3.44. The summed E-state index contributed by atoms with van der Waals surface area (Å²) in [6.45, 7) is 0. The van der Waals surface area contributed by atoms with Crippen molar-refractivity contribution in [3.8, 4) is 0 Å². The molecule has 0 unspecified atom stereocenters. The summed E-state index contributed by atoms with van der Waals surface area (Å²) in [7, 11) is 0. The lowest BCUT2D eigenvalue weighted by Crippen LogP contribution is -2.21. The normalized spacial score (nSPS) is 10.7. The maximum atomic E-state index is 12.4. The SMILES string of the molecule is O=C(Nc1ccccc1C(=O)N/N=C\c1ccco1)c1ccccc1Cl. The topological polar surface area (TPSA) is 83.7 Å². The summed E-state index contributed by atoms with van der Waals surface area (Å²) in [5, 5.41) is 6.86. The molecule has 2 N–H and O–H groups in total. The average molecular weight is 368 g/mol. The summed E-state index contributed by atoms with van der Waals surface area (Å²) in [6.07, 6.45) is 2.88. The second-order valence-corrected chi connectivity index (χ2v) is 5.60. The lowest BCUT2D eigenvalue weighted by Gasteiger charge is -2.10. The minimum absolute atomic E-state index is 0.268. The van der Waals surface area contributed by atoms with Gasteiger partial charge in [0.25, 0.3) is 11.8 Å². The summed E-state index contributed by atoms with van der Waals surface area (Å²) in [5.74, 6) is -0.372. The van der Waals surface area contributed by atoms with Crippen molar-refractivity contribution in [3.63, 3.8) is 0 Å². The van der Waals surface area contributed by atoms with E-state index in [4.69, 9.17) is 16.0 Å². The van der Waals surface area contributed by atoms with E-state index in [2.05, 4.69) is 15.8 Å². The van der Waals surface area contributed by atoms with Crippen LogP contribution in [0.4, 0.5) is 5.69 Å². The van der Waals surface area contributed by atoms with Crippen molar-refractivity contribution in [1.82, 2.24) is 5.43 Å². The Balaban J connectivity index is 1.74. The van der Waals surface area contributed by atoms with Gasteiger partial charge < -0.3 is 9.73 Å². The summed E-state index contributed by atoms with van der Waals surface area (Å²) in [5.41, 5.74) is 3.33. The smallest absolute Gasteiger partial charge is 0.273 e. The van der Waals surface area contributed by atoms with E-state index in [1.54, 1.807) is 60.7 Å². The highest BCUT2D eigenvalue weighted by Crippen LogP contribution is 2.19. The van der Waals surface area contributed by atoms with Crippen molar-refractivity contribution in [2.75, 3.05) is 5.32 Å². The van der Waals surface area contributed by atoms with Crippen LogP contribution in [0.2, 0.25) is 5.02 Å². The van der Waals surface area contributed by atoms with Gasteiger partial charge in [0.15, 0.2) is 0 Å². The fourth-order valence-corrected chi connectivity index (χ4v) is 2.43. The van der Waals surface area contributed by atoms with Gasteiger partial charge in [-0.15, -0.1) is 0 Å². The van der Waals surface area contributed by atoms with E-state index in [0.29, 0.717) is 22.0 Å². The van der Waals surface area contributed by atoms with Gasteiger partial charge in [0.2, 0.25) is 0 Å². The molecule has 0 aliphatic carbocycles. The molecule has 0 atom stereocenters. The number of amides is 2. The number of nitrogens with one attached hydrogen (secondary N) is 2. The number of hydrazone groups is 1. The number of halogens is 1. The van der Waals surface area contributed by atoms with Crippen molar-refractivity contribution in [1.29, 1.82) is 0 Å². The first-order valence-electron chi connectivity index (χ1n) is 7.67. The molecule has 7 heteroatoms. The average Bonchev–Trinajstić information content (AvgIpc) is 3.16. The van der Waals surface area contributed by atoms with Gasteiger partial charge >= 0.3 is 0 Å². The zero-order valence-corrected chi connectivity index (χ0v) is 14.2. The molecule has 2 amide bonds. The lowest BCUT2D eigenvalue weighted by atomic mass is 10.1. The predicted molar refractivity (Wildman–Crippen MR) is 99.6 cm³/mol. The van der Waals surface area contributed by atoms with E-state index in [9.17, 15) is 9.59 Å². The number of carbonyl (C=O) groups excluding carboxylic acids is 2. The maximum absolute atomic E-state index is 12.4. The van der Waals surface area contributed by atoms with E-state index >= 15 is 0 Å². The van der Waals surface area contributed by atoms with Crippen molar-refractivity contribution in [3.05, 3.63) is 88.8 Å². The summed E-state index contributed by atoms with van der Waals surface area (Å²) in [4.78, 5) is 24.8. The third kappa shape index (κ3) is 4.17. The Morgan fingerprint density at radius 1 is 0.923 bits per heavy atom. The Bertz CT molecular complexity index is 952. The number of carbonyl (C=O) groups is 2. The Labute approximate surface area is 154 Å². The van der Waals surface area contributed by atoms with Gasteiger partial charge in [-0.25, -0.2) is 5.43 Å². The van der Waals surface area contributed by atoms with E-state index in [1.807, 2.05) is 0 Å². The quantitative estimate of drug-likeness (QED) is 0.529. The molecule has 0 bridgehead atoms. The number of nitrogens with zero attached hydrogens (tertiary/aromatic N) is 1. The number of anilines is 1. The standard InChI is InChI=1S/C19H14ClN3O3/c20-16-9-3-1-7-14(16)18(24)22-17-10-4-2-8-15(17)19(25)23-21-12-13-6-5-11-26-13/h1-12H,(H,22,24)(H,23,25)/b21-12-. The molecule has 0 aliphatic heterocycles. The van der Waals surface area contributed by atoms with Crippen LogP contribution in [0.3, 0.4) is 0 Å². The van der Waals surface area contributed by atoms with Gasteiger partial charge in [-0.2, -0.15) is 5.10 Å². The Morgan fingerprint density at radius 2 is 1.65 bits per heavy atom. The molecule has 0 spiro atoms. The molecular formula is C19H14ClN3O3. The van der Waals surface area contributed by atoms with Crippen molar-refractivity contribution >= 4 is 35.3 Å². The monoisotopic (exact) mass is 367 g/mol. The van der Waals surface area contributed by atoms with Crippen LogP contribution in [-0.2, 0) is 0 Å². The van der Waals surface area contributed by atoms with Gasteiger partial charge in [-0.3, -0.25) is 9.59 Å². The highest BCUT2D eigenvalue weighted by Gasteiger charge is 2.15. The molecule has 0 saturated heterocycles. The molecule has 0 radical (unpaired) electrons. The summed E-state index contributed by atoms with van der Waals surface area (Å²) >= 11 is 6.04. The third-order valence-corrected chi connectivity index (χ3v) is 3.77. The zero-order chi connectivity index (χ0) is 18.4. The Morgan fingerprint density at radius 3 is 2.38 bits per heavy atom. The first kappa shape index (κ1) is 17.4. The molecule has 1 heterocycles. The van der Waals surface area contributed by atoms with Gasteiger partial charge in [0.1, 0.15) is 5.76 Å². The number of benzene rings is 2. The van der Waals surface area contributed by atoms with Crippen molar-refractivity contribution in [2.45, 2.75) is 0 Å². The molecule has 1 aromatic heterocycles. The molecule has 0 saturated carbocycles. The van der Waals surface area contributed by atoms with Gasteiger partial charge in [0.05, 0.1) is 34.3 Å². The van der Waals surface area contributed by atoms with Crippen LogP contribution in [0.1, 0.15) is 26.5 Å². The van der Waals surface area contributed by atoms with Crippen molar-refractivity contribution in [2.24, 2.45) is 5.10 Å². The molecular weight excluding hydrogens is 354 g/mol. The van der Waals surface area contributed by atoms with Crippen LogP contribution in [0, 0.1) is 0 Å². The van der Waals surface area contributed by atoms with Crippen LogP contribution >= 0.6 is 11.6 Å². The fourth-order valence-electron chi connectivity index (χ4n) is 2.20. The summed E-state index contributed by atoms with van der Waals surface area (Å²) in [6, 6.07) is 16.7. The van der Waals surface area contributed by atoms with Gasteiger partial charge in [-0.1, -0.05) is 35.9 Å². The van der Waals surface area contributed by atoms with Crippen molar-refractivity contribution < 1.29 is 14.0 Å². The number of furan rings is 1. The molecule has 6 nitrogen and oxygen atoms in total. The largest absolute Gasteiger partial charge is 0.463 e. The summed E-state index contributed by atoms with van der Waals surface area (Å²) < 4.78 is 5.09. The second-order valence-electron chi connectivity index (χ2n) is 5.19. The highest BCUT2D eigenvalue weighted by atomic mass is 35.5. The molecule has 130 valence electrons. The number of para-hydroxylation sites is 1. The van der Waals surface area contributed by atoms with E-state index in [-0.39, 0.29) is 5.56 Å². The minimum atomic E-state index is -0.470. The van der Waals surface area contributed by atoms with Crippen LogP contribution in [0.5, 0.6) is 0 Å². The fraction of sp³-hybridized carbons (Fsp3) is 0. The van der Waals surface area contributed by atoms with Crippen LogP contribution < -0.4 is 10.7 Å². The second kappa shape index (κ2) is 8.13. The Hall–Kier alpha value is -3.38. The van der Waals surface area contributed by atoms with E-state index in [1.165, 1.54) is 12.5 Å². The first-order valence-corrected chi connectivity index (χ1v) is 8.05. The van der Waals surface area contributed by atoms with Crippen LogP contribution in [0.25, 0.3) is 0 Å². The molecule has 0 fully saturated rings. The molecule has 3 aromatic rings. The van der Waals surface area contributed by atoms with Crippen LogP contribution in [0.15, 0.2) is 76.4 Å².